The molecule has 0 saturated carbocycles. The number of rotatable bonds is 4. The van der Waals surface area contributed by atoms with Gasteiger partial charge in [0.2, 0.25) is 0 Å². The second-order valence-corrected chi connectivity index (χ2v) is 6.96. The summed E-state index contributed by atoms with van der Waals surface area (Å²) in [6.07, 6.45) is 12.0. The summed E-state index contributed by atoms with van der Waals surface area (Å²) in [5, 5.41) is 0. The highest BCUT2D eigenvalue weighted by Gasteiger charge is 2.24. The van der Waals surface area contributed by atoms with Crippen molar-refractivity contribution in [2.45, 2.75) is 25.3 Å². The zero-order valence-corrected chi connectivity index (χ0v) is 14.8. The maximum Gasteiger partial charge on any atom is 0.152 e. The summed E-state index contributed by atoms with van der Waals surface area (Å²) in [4.78, 5) is 18.1. The maximum absolute atomic E-state index is 4.99. The van der Waals surface area contributed by atoms with Crippen LogP contribution in [0.2, 0.25) is 0 Å². The first-order chi connectivity index (χ1) is 12.2. The summed E-state index contributed by atoms with van der Waals surface area (Å²) in [5.74, 6) is 1.49. The van der Waals surface area contributed by atoms with Gasteiger partial charge in [-0.2, -0.15) is 0 Å². The molecule has 3 aromatic heterocycles. The Hall–Kier alpha value is -2.47. The van der Waals surface area contributed by atoms with Crippen molar-refractivity contribution >= 4 is 11.3 Å². The standard InChI is InChI=1S/C19H24N6/c1-23(2)19-18-6-4-10-25(18)14-17(22-19)15-5-3-9-24(12-15)13-16-11-20-7-8-21-16/h4,6-8,10-11,14-15H,3,5,9,12-13H2,1-2H3. The summed E-state index contributed by atoms with van der Waals surface area (Å²) < 4.78 is 2.19. The molecule has 6 nitrogen and oxygen atoms in total. The smallest absolute Gasteiger partial charge is 0.152 e. The number of anilines is 1. The van der Waals surface area contributed by atoms with Crippen LogP contribution in [-0.4, -0.2) is 51.4 Å². The molecular weight excluding hydrogens is 312 g/mol. The molecule has 3 aromatic rings. The lowest BCUT2D eigenvalue weighted by molar-refractivity contribution is 0.196. The molecule has 6 heteroatoms. The van der Waals surface area contributed by atoms with Crippen LogP contribution in [0, 0.1) is 0 Å². The SMILES string of the molecule is CN(C)c1nc(C2CCCN(Cc3cnccn3)C2)cn2cccc12. The van der Waals surface area contributed by atoms with Crippen LogP contribution in [0.5, 0.6) is 0 Å². The summed E-state index contributed by atoms with van der Waals surface area (Å²) in [6.45, 7) is 2.99. The Morgan fingerprint density at radius 2 is 2.20 bits per heavy atom. The highest BCUT2D eigenvalue weighted by atomic mass is 15.2. The molecule has 0 aliphatic carbocycles. The summed E-state index contributed by atoms with van der Waals surface area (Å²) in [5.41, 5.74) is 3.36. The summed E-state index contributed by atoms with van der Waals surface area (Å²) >= 11 is 0. The van der Waals surface area contributed by atoms with E-state index in [1.165, 1.54) is 18.5 Å². The van der Waals surface area contributed by atoms with Gasteiger partial charge in [-0.3, -0.25) is 14.9 Å². The van der Waals surface area contributed by atoms with E-state index < -0.39 is 0 Å². The van der Waals surface area contributed by atoms with Gasteiger partial charge < -0.3 is 9.30 Å². The van der Waals surface area contributed by atoms with Crippen molar-refractivity contribution in [2.24, 2.45) is 0 Å². The molecule has 130 valence electrons. The van der Waals surface area contributed by atoms with Crippen molar-refractivity contribution in [3.05, 3.63) is 54.5 Å². The molecule has 1 aliphatic heterocycles. The van der Waals surface area contributed by atoms with E-state index in [0.717, 1.165) is 36.7 Å². The fourth-order valence-corrected chi connectivity index (χ4v) is 3.65. The molecule has 0 radical (unpaired) electrons. The van der Waals surface area contributed by atoms with Gasteiger partial charge in [-0.1, -0.05) is 0 Å². The first-order valence-corrected chi connectivity index (χ1v) is 8.83. The Bertz CT molecular complexity index is 842. The van der Waals surface area contributed by atoms with Crippen LogP contribution in [0.15, 0.2) is 43.1 Å². The van der Waals surface area contributed by atoms with E-state index in [1.807, 2.05) is 6.20 Å². The van der Waals surface area contributed by atoms with Crippen molar-refractivity contribution < 1.29 is 0 Å². The predicted octanol–water partition coefficient (Wildman–Crippen LogP) is 2.57. The number of fused-ring (bicyclic) bond motifs is 1. The quantitative estimate of drug-likeness (QED) is 0.733. The van der Waals surface area contributed by atoms with Gasteiger partial charge in [0.05, 0.1) is 16.9 Å². The van der Waals surface area contributed by atoms with E-state index in [-0.39, 0.29) is 0 Å². The van der Waals surface area contributed by atoms with Gasteiger partial charge in [0, 0.05) is 64.1 Å². The molecule has 4 heterocycles. The fraction of sp³-hybridized carbons (Fsp3) is 0.421. The van der Waals surface area contributed by atoms with E-state index in [0.29, 0.717) is 5.92 Å². The first-order valence-electron chi connectivity index (χ1n) is 8.83. The maximum atomic E-state index is 4.99. The third-order valence-corrected chi connectivity index (χ3v) is 4.86. The highest BCUT2D eigenvalue weighted by molar-refractivity contribution is 5.69. The minimum atomic E-state index is 0.455. The lowest BCUT2D eigenvalue weighted by Gasteiger charge is -2.32. The van der Waals surface area contributed by atoms with Crippen LogP contribution in [0.1, 0.15) is 30.1 Å². The van der Waals surface area contributed by atoms with Crippen molar-refractivity contribution in [3.63, 3.8) is 0 Å². The Morgan fingerprint density at radius 1 is 1.28 bits per heavy atom. The lowest BCUT2D eigenvalue weighted by Crippen LogP contribution is -2.34. The Kier molecular flexibility index (Phi) is 4.36. The van der Waals surface area contributed by atoms with Gasteiger partial charge in [-0.15, -0.1) is 0 Å². The molecule has 0 amide bonds. The van der Waals surface area contributed by atoms with Crippen LogP contribution in [0.4, 0.5) is 5.82 Å². The molecule has 0 bridgehead atoms. The predicted molar refractivity (Wildman–Crippen MR) is 98.8 cm³/mol. The largest absolute Gasteiger partial charge is 0.361 e. The molecule has 1 saturated heterocycles. The van der Waals surface area contributed by atoms with Crippen molar-refractivity contribution in [1.29, 1.82) is 0 Å². The topological polar surface area (TPSA) is 49.6 Å². The average molecular weight is 336 g/mol. The van der Waals surface area contributed by atoms with E-state index >= 15 is 0 Å². The number of piperidine rings is 1. The molecule has 0 N–H and O–H groups in total. The second kappa shape index (κ2) is 6.80. The van der Waals surface area contributed by atoms with Gasteiger partial charge in [-0.25, -0.2) is 4.98 Å². The summed E-state index contributed by atoms with van der Waals surface area (Å²) in [7, 11) is 4.11. The fourth-order valence-electron chi connectivity index (χ4n) is 3.65. The number of likely N-dealkylation sites (tertiary alicyclic amines) is 1. The number of hydrogen-bond donors (Lipinski definition) is 0. The van der Waals surface area contributed by atoms with Crippen LogP contribution < -0.4 is 4.90 Å². The monoisotopic (exact) mass is 336 g/mol. The van der Waals surface area contributed by atoms with Crippen LogP contribution in [-0.2, 0) is 6.54 Å². The number of hydrogen-bond acceptors (Lipinski definition) is 5. The molecule has 1 fully saturated rings. The summed E-state index contributed by atoms with van der Waals surface area (Å²) in [6, 6.07) is 4.20. The highest BCUT2D eigenvalue weighted by Crippen LogP contribution is 2.29. The third kappa shape index (κ3) is 3.35. The minimum Gasteiger partial charge on any atom is -0.361 e. The molecule has 0 aromatic carbocycles. The van der Waals surface area contributed by atoms with Gasteiger partial charge in [0.25, 0.3) is 0 Å². The Balaban J connectivity index is 1.57. The number of nitrogens with zero attached hydrogens (tertiary/aromatic N) is 6. The average Bonchev–Trinajstić information content (AvgIpc) is 3.10. The molecule has 1 unspecified atom stereocenters. The van der Waals surface area contributed by atoms with Gasteiger partial charge in [0.1, 0.15) is 0 Å². The van der Waals surface area contributed by atoms with E-state index in [1.54, 1.807) is 12.4 Å². The molecule has 4 rings (SSSR count). The minimum absolute atomic E-state index is 0.455. The zero-order chi connectivity index (χ0) is 17.2. The zero-order valence-electron chi connectivity index (χ0n) is 14.8. The van der Waals surface area contributed by atoms with Gasteiger partial charge in [-0.05, 0) is 31.5 Å². The molecule has 1 atom stereocenters. The molecule has 0 spiro atoms. The van der Waals surface area contributed by atoms with E-state index in [9.17, 15) is 0 Å². The van der Waals surface area contributed by atoms with Crippen molar-refractivity contribution in [3.8, 4) is 0 Å². The van der Waals surface area contributed by atoms with Gasteiger partial charge in [0.15, 0.2) is 5.82 Å². The molecule has 1 aliphatic rings. The Labute approximate surface area is 148 Å². The normalized spacial score (nSPS) is 18.6. The van der Waals surface area contributed by atoms with E-state index in [4.69, 9.17) is 4.98 Å². The van der Waals surface area contributed by atoms with Crippen LogP contribution >= 0.6 is 0 Å². The number of aromatic nitrogens is 4. The van der Waals surface area contributed by atoms with Crippen LogP contribution in [0.3, 0.4) is 0 Å². The van der Waals surface area contributed by atoms with E-state index in [2.05, 4.69) is 62.8 Å². The first kappa shape index (κ1) is 16.0. The van der Waals surface area contributed by atoms with Gasteiger partial charge >= 0.3 is 0 Å². The second-order valence-electron chi connectivity index (χ2n) is 6.96. The molecular formula is C19H24N6. The van der Waals surface area contributed by atoms with Crippen molar-refractivity contribution in [1.82, 2.24) is 24.3 Å². The lowest BCUT2D eigenvalue weighted by atomic mass is 9.95. The third-order valence-electron chi connectivity index (χ3n) is 4.86. The molecule has 25 heavy (non-hydrogen) atoms. The van der Waals surface area contributed by atoms with Crippen molar-refractivity contribution in [2.75, 3.05) is 32.1 Å². The van der Waals surface area contributed by atoms with Crippen LogP contribution in [0.25, 0.3) is 5.52 Å². The Morgan fingerprint density at radius 3 is 3.00 bits per heavy atom.